The van der Waals surface area contributed by atoms with Gasteiger partial charge in [-0.3, -0.25) is 9.69 Å². The summed E-state index contributed by atoms with van der Waals surface area (Å²) in [5, 5.41) is 13.0. The van der Waals surface area contributed by atoms with Crippen LogP contribution in [-0.2, 0) is 11.2 Å². The van der Waals surface area contributed by atoms with Crippen molar-refractivity contribution in [3.63, 3.8) is 0 Å². The molecule has 0 radical (unpaired) electrons. The Balaban J connectivity index is 1.02. The van der Waals surface area contributed by atoms with Gasteiger partial charge in [0.05, 0.1) is 6.61 Å². The number of piperazine rings is 1. The number of carbonyl (C=O) groups is 1. The summed E-state index contributed by atoms with van der Waals surface area (Å²) in [6.45, 7) is 6.20. The molecule has 2 aliphatic heterocycles. The molecule has 2 aliphatic carbocycles. The summed E-state index contributed by atoms with van der Waals surface area (Å²) in [5.74, 6) is 2.76. The van der Waals surface area contributed by atoms with Gasteiger partial charge < -0.3 is 20.1 Å². The number of pyridine rings is 1. The molecule has 164 valence electrons. The normalized spacial score (nSPS) is 28.0. The summed E-state index contributed by atoms with van der Waals surface area (Å²) in [7, 11) is 0. The fraction of sp³-hybridized carbons (Fsp3) is 0.739. The highest BCUT2D eigenvalue weighted by Crippen LogP contribution is 2.36. The molecule has 2 N–H and O–H groups in total. The summed E-state index contributed by atoms with van der Waals surface area (Å²) >= 11 is 0. The van der Waals surface area contributed by atoms with Crippen molar-refractivity contribution in [1.29, 1.82) is 0 Å². The summed E-state index contributed by atoms with van der Waals surface area (Å²) in [6, 6.07) is 2.24. The number of nitrogens with zero attached hydrogens (tertiary/aromatic N) is 3. The van der Waals surface area contributed by atoms with E-state index < -0.39 is 5.60 Å². The molecule has 7 heteroatoms. The Kier molecular flexibility index (Phi) is 5.58. The number of hydrogen-bond donors (Lipinski definition) is 2. The van der Waals surface area contributed by atoms with E-state index in [1.807, 2.05) is 12.3 Å². The van der Waals surface area contributed by atoms with E-state index in [9.17, 15) is 9.90 Å². The zero-order chi connectivity index (χ0) is 20.6. The molecular formula is C23H34N4O3. The van der Waals surface area contributed by atoms with Crippen molar-refractivity contribution in [3.8, 4) is 5.75 Å². The minimum atomic E-state index is -1.04. The van der Waals surface area contributed by atoms with E-state index in [2.05, 4.69) is 20.1 Å². The van der Waals surface area contributed by atoms with Crippen LogP contribution in [0.15, 0.2) is 12.3 Å². The molecule has 5 rings (SSSR count). The average molecular weight is 415 g/mol. The van der Waals surface area contributed by atoms with Crippen LogP contribution in [0, 0.1) is 5.92 Å². The largest absolute Gasteiger partial charge is 0.493 e. The molecule has 1 amide bonds. The van der Waals surface area contributed by atoms with Crippen molar-refractivity contribution >= 4 is 11.7 Å². The van der Waals surface area contributed by atoms with E-state index >= 15 is 0 Å². The third kappa shape index (κ3) is 4.28. The van der Waals surface area contributed by atoms with Crippen LogP contribution >= 0.6 is 0 Å². The molecule has 7 nitrogen and oxygen atoms in total. The van der Waals surface area contributed by atoms with E-state index in [1.165, 1.54) is 31.4 Å². The Morgan fingerprint density at radius 3 is 2.70 bits per heavy atom. The molecule has 0 aromatic carbocycles. The minimum Gasteiger partial charge on any atom is -0.493 e. The Labute approximate surface area is 178 Å². The lowest BCUT2D eigenvalue weighted by atomic mass is 9.84. The second-order valence-electron chi connectivity index (χ2n) is 9.55. The van der Waals surface area contributed by atoms with Gasteiger partial charge in [-0.05, 0) is 63.5 Å². The smallest absolute Gasteiger partial charge is 0.252 e. The van der Waals surface area contributed by atoms with Crippen molar-refractivity contribution < 1.29 is 14.6 Å². The number of hydrogen-bond acceptors (Lipinski definition) is 6. The zero-order valence-electron chi connectivity index (χ0n) is 17.8. The van der Waals surface area contributed by atoms with Crippen LogP contribution in [0.5, 0.6) is 5.75 Å². The van der Waals surface area contributed by atoms with Gasteiger partial charge in [-0.1, -0.05) is 0 Å². The number of anilines is 1. The number of ether oxygens (including phenoxy) is 1. The maximum absolute atomic E-state index is 12.0. The van der Waals surface area contributed by atoms with Gasteiger partial charge in [0, 0.05) is 50.4 Å². The molecule has 0 unspecified atom stereocenters. The molecule has 1 aromatic heterocycles. The lowest BCUT2D eigenvalue weighted by molar-refractivity contribution is -0.132. The molecule has 2 saturated carbocycles. The SMILES string of the molecule is O=C(NC1CCC(CCN2CCN(c3nccc4c3CCO4)CC2)CC1)C1(O)CC1. The Morgan fingerprint density at radius 2 is 1.97 bits per heavy atom. The summed E-state index contributed by atoms with van der Waals surface area (Å²) in [6.07, 6.45) is 9.80. The Morgan fingerprint density at radius 1 is 1.20 bits per heavy atom. The van der Waals surface area contributed by atoms with E-state index in [0.29, 0.717) is 12.8 Å². The second kappa shape index (κ2) is 8.35. The third-order valence-corrected chi connectivity index (χ3v) is 7.45. The number of nitrogens with one attached hydrogen (secondary N) is 1. The van der Waals surface area contributed by atoms with Gasteiger partial charge in [0.1, 0.15) is 17.2 Å². The van der Waals surface area contributed by atoms with Gasteiger partial charge in [-0.15, -0.1) is 0 Å². The van der Waals surface area contributed by atoms with Gasteiger partial charge in [0.2, 0.25) is 0 Å². The number of amides is 1. The van der Waals surface area contributed by atoms with Crippen LogP contribution in [-0.4, -0.2) is 71.9 Å². The second-order valence-corrected chi connectivity index (χ2v) is 9.55. The van der Waals surface area contributed by atoms with Gasteiger partial charge in [-0.25, -0.2) is 4.98 Å². The fourth-order valence-electron chi connectivity index (χ4n) is 5.18. The summed E-state index contributed by atoms with van der Waals surface area (Å²) < 4.78 is 5.69. The molecule has 4 aliphatic rings. The van der Waals surface area contributed by atoms with Crippen molar-refractivity contribution in [2.75, 3.05) is 44.2 Å². The monoisotopic (exact) mass is 414 g/mol. The summed E-state index contributed by atoms with van der Waals surface area (Å²) in [5.41, 5.74) is 0.241. The van der Waals surface area contributed by atoms with Crippen molar-refractivity contribution in [1.82, 2.24) is 15.2 Å². The maximum Gasteiger partial charge on any atom is 0.252 e. The fourth-order valence-corrected chi connectivity index (χ4v) is 5.18. The molecule has 0 atom stereocenters. The van der Waals surface area contributed by atoms with Crippen LogP contribution in [0.25, 0.3) is 0 Å². The lowest BCUT2D eigenvalue weighted by Gasteiger charge is -2.37. The van der Waals surface area contributed by atoms with E-state index in [-0.39, 0.29) is 11.9 Å². The molecule has 30 heavy (non-hydrogen) atoms. The van der Waals surface area contributed by atoms with E-state index in [4.69, 9.17) is 4.74 Å². The summed E-state index contributed by atoms with van der Waals surface area (Å²) in [4.78, 5) is 21.7. The Hall–Kier alpha value is -1.86. The standard InChI is InChI=1S/C23H34N4O3/c28-22(23(29)8-9-23)25-18-3-1-17(2-4-18)6-11-26-12-14-27(15-13-26)21-19-7-16-30-20(19)5-10-24-21/h5,10,17-18,29H,1-4,6-9,11-16H2,(H,25,28). The van der Waals surface area contributed by atoms with Crippen LogP contribution in [0.3, 0.4) is 0 Å². The lowest BCUT2D eigenvalue weighted by Crippen LogP contribution is -2.47. The minimum absolute atomic E-state index is 0.145. The first kappa shape index (κ1) is 20.1. The van der Waals surface area contributed by atoms with Crippen LogP contribution < -0.4 is 15.0 Å². The highest BCUT2D eigenvalue weighted by Gasteiger charge is 2.48. The predicted octanol–water partition coefficient (Wildman–Crippen LogP) is 1.73. The van der Waals surface area contributed by atoms with Crippen molar-refractivity contribution in [2.24, 2.45) is 5.92 Å². The number of aromatic nitrogens is 1. The topological polar surface area (TPSA) is 77.9 Å². The predicted molar refractivity (Wildman–Crippen MR) is 115 cm³/mol. The molecular weight excluding hydrogens is 380 g/mol. The zero-order valence-corrected chi connectivity index (χ0v) is 17.8. The maximum atomic E-state index is 12.0. The first-order valence-electron chi connectivity index (χ1n) is 11.7. The molecule has 0 spiro atoms. The van der Waals surface area contributed by atoms with Gasteiger partial charge in [0.25, 0.3) is 5.91 Å². The highest BCUT2D eigenvalue weighted by molar-refractivity contribution is 5.87. The van der Waals surface area contributed by atoms with E-state index in [1.54, 1.807) is 0 Å². The highest BCUT2D eigenvalue weighted by atomic mass is 16.5. The third-order valence-electron chi connectivity index (χ3n) is 7.45. The van der Waals surface area contributed by atoms with Gasteiger partial charge in [0.15, 0.2) is 0 Å². The molecule has 3 fully saturated rings. The number of aliphatic hydroxyl groups is 1. The van der Waals surface area contributed by atoms with E-state index in [0.717, 1.165) is 69.5 Å². The number of carbonyl (C=O) groups excluding carboxylic acids is 1. The number of fused-ring (bicyclic) bond motifs is 1. The number of rotatable bonds is 6. The molecule has 3 heterocycles. The van der Waals surface area contributed by atoms with Crippen LogP contribution in [0.4, 0.5) is 5.82 Å². The molecule has 0 bridgehead atoms. The first-order chi connectivity index (χ1) is 14.6. The van der Waals surface area contributed by atoms with Crippen LogP contribution in [0.2, 0.25) is 0 Å². The van der Waals surface area contributed by atoms with Crippen molar-refractivity contribution in [2.45, 2.75) is 63.0 Å². The quantitative estimate of drug-likeness (QED) is 0.738. The Bertz CT molecular complexity index is 766. The van der Waals surface area contributed by atoms with Crippen molar-refractivity contribution in [3.05, 3.63) is 17.8 Å². The molecule has 1 saturated heterocycles. The first-order valence-corrected chi connectivity index (χ1v) is 11.7. The van der Waals surface area contributed by atoms with Crippen LogP contribution in [0.1, 0.15) is 50.5 Å². The van der Waals surface area contributed by atoms with Gasteiger partial charge in [-0.2, -0.15) is 0 Å². The average Bonchev–Trinajstić information content (AvgIpc) is 3.34. The molecule has 1 aromatic rings. The van der Waals surface area contributed by atoms with Gasteiger partial charge >= 0.3 is 0 Å².